The third-order valence-corrected chi connectivity index (χ3v) is 9.33. The third-order valence-electron chi connectivity index (χ3n) is 9.33. The fourth-order valence-corrected chi connectivity index (χ4v) is 6.24. The summed E-state index contributed by atoms with van der Waals surface area (Å²) < 4.78 is 5.98. The Morgan fingerprint density at radius 2 is 1.67 bits per heavy atom. The molecule has 8 nitrogen and oxygen atoms in total. The summed E-state index contributed by atoms with van der Waals surface area (Å²) in [6, 6.07) is 24.5. The molecule has 2 atom stereocenters. The number of carbonyl (C=O) groups excluding carboxylic acids is 2. The number of amides is 2. The molecule has 2 amide bonds. The molecule has 2 N–H and O–H groups in total. The van der Waals surface area contributed by atoms with Crippen LogP contribution in [0, 0.1) is 5.92 Å². The molecular weight excluding hydrogens is 614 g/mol. The number of unbranched alkanes of at least 4 members (excludes halogenated alkanes) is 4. The topological polar surface area (TPSA) is 109 Å². The molecule has 258 valence electrons. The molecule has 0 radical (unpaired) electrons. The fraction of sp³-hybridized carbons (Fsp3) is 0.415. The van der Waals surface area contributed by atoms with E-state index in [0.29, 0.717) is 25.1 Å². The van der Waals surface area contributed by atoms with Gasteiger partial charge in [0.1, 0.15) is 11.8 Å². The minimum atomic E-state index is -0.908. The maximum Gasteiger partial charge on any atom is 0.308 e. The van der Waals surface area contributed by atoms with Gasteiger partial charge in [-0.3, -0.25) is 14.4 Å². The van der Waals surface area contributed by atoms with E-state index < -0.39 is 17.9 Å². The molecule has 2 heterocycles. The third kappa shape index (κ3) is 9.46. The summed E-state index contributed by atoms with van der Waals surface area (Å²) in [5, 5.41) is 13.5. The van der Waals surface area contributed by atoms with Crippen LogP contribution in [0.3, 0.4) is 0 Å². The van der Waals surface area contributed by atoms with Gasteiger partial charge in [0.2, 0.25) is 5.91 Å². The van der Waals surface area contributed by atoms with Crippen LogP contribution in [-0.2, 0) is 21.4 Å². The maximum atomic E-state index is 13.7. The van der Waals surface area contributed by atoms with Crippen molar-refractivity contribution in [3.8, 4) is 17.0 Å². The Hall–Kier alpha value is -4.72. The second-order valence-electron chi connectivity index (χ2n) is 14.2. The number of rotatable bonds is 14. The zero-order chi connectivity index (χ0) is 35.0. The summed E-state index contributed by atoms with van der Waals surface area (Å²) in [6.45, 7) is 9.76. The first-order valence-electron chi connectivity index (χ1n) is 17.6. The molecule has 0 bridgehead atoms. The highest BCUT2D eigenvalue weighted by Crippen LogP contribution is 2.26. The molecule has 1 aliphatic rings. The average Bonchev–Trinajstić information content (AvgIpc) is 3.60. The Kier molecular flexibility index (Phi) is 11.7. The van der Waals surface area contributed by atoms with Gasteiger partial charge >= 0.3 is 5.97 Å². The minimum Gasteiger partial charge on any atom is -0.494 e. The first kappa shape index (κ1) is 35.6. The van der Waals surface area contributed by atoms with Gasteiger partial charge in [-0.1, -0.05) is 95.8 Å². The number of hydrogen-bond donors (Lipinski definition) is 2. The van der Waals surface area contributed by atoms with Gasteiger partial charge in [-0.25, -0.2) is 4.98 Å². The van der Waals surface area contributed by atoms with Crippen molar-refractivity contribution in [3.05, 3.63) is 95.6 Å². The number of nitrogens with zero attached hydrogens (tertiary/aromatic N) is 2. The lowest BCUT2D eigenvalue weighted by atomic mass is 9.86. The van der Waals surface area contributed by atoms with Crippen LogP contribution in [0.4, 0.5) is 0 Å². The average molecular weight is 664 g/mol. The van der Waals surface area contributed by atoms with Gasteiger partial charge in [-0.2, -0.15) is 0 Å². The van der Waals surface area contributed by atoms with E-state index in [1.54, 1.807) is 17.0 Å². The van der Waals surface area contributed by atoms with Crippen molar-refractivity contribution in [3.63, 3.8) is 0 Å². The summed E-state index contributed by atoms with van der Waals surface area (Å²) in [5.74, 6) is -1.27. The van der Waals surface area contributed by atoms with E-state index in [-0.39, 0.29) is 30.2 Å². The Morgan fingerprint density at radius 3 is 2.35 bits per heavy atom. The Morgan fingerprint density at radius 1 is 0.939 bits per heavy atom. The summed E-state index contributed by atoms with van der Waals surface area (Å²) >= 11 is 0. The molecule has 0 aliphatic carbocycles. The number of benzene rings is 3. The molecule has 1 saturated heterocycles. The Bertz CT molecular complexity index is 1740. The molecule has 1 aromatic heterocycles. The molecule has 1 aliphatic heterocycles. The zero-order valence-electron chi connectivity index (χ0n) is 29.2. The molecule has 0 unspecified atom stereocenters. The number of nitrogens with one attached hydrogen (secondary N) is 1. The van der Waals surface area contributed by atoms with Gasteiger partial charge in [0.15, 0.2) is 0 Å². The number of hydrogen-bond acceptors (Lipinski definition) is 5. The Labute approximate surface area is 289 Å². The lowest BCUT2D eigenvalue weighted by Gasteiger charge is -2.25. The molecular formula is C41H49N3O5. The second kappa shape index (κ2) is 16.1. The molecule has 49 heavy (non-hydrogen) atoms. The maximum absolute atomic E-state index is 13.7. The lowest BCUT2D eigenvalue weighted by molar-refractivity contribution is -0.141. The van der Waals surface area contributed by atoms with E-state index in [1.165, 1.54) is 25.7 Å². The molecule has 0 saturated carbocycles. The van der Waals surface area contributed by atoms with Gasteiger partial charge in [-0.05, 0) is 65.8 Å². The van der Waals surface area contributed by atoms with Crippen molar-refractivity contribution in [2.75, 3.05) is 19.7 Å². The standard InChI is InChI=1S/C41H49N3O5/c1-5-6-7-8-9-24-49-34-19-21-36-31(26-34)16-20-35(42-36)29-12-10-28(11-13-29)25-37(39(46)44-23-22-32(27-44)40(47)48)43-38(45)30-14-17-33(18-15-30)41(2,3)4/h10-21,26,32,37H,5-9,22-25,27H2,1-4H3,(H,43,45)(H,47,48)/t32-,37-/m0/s1. The van der Waals surface area contributed by atoms with Gasteiger partial charge in [-0.15, -0.1) is 0 Å². The second-order valence-corrected chi connectivity index (χ2v) is 14.2. The Balaban J connectivity index is 1.27. The van der Waals surface area contributed by atoms with Crippen LogP contribution < -0.4 is 10.1 Å². The number of ether oxygens (including phenoxy) is 1. The highest BCUT2D eigenvalue weighted by atomic mass is 16.5. The highest BCUT2D eigenvalue weighted by molar-refractivity contribution is 5.98. The molecule has 1 fully saturated rings. The SMILES string of the molecule is CCCCCCCOc1ccc2nc(-c3ccc(C[C@H](NC(=O)c4ccc(C(C)(C)C)cc4)C(=O)N4CC[C@H](C(=O)O)C4)cc3)ccc2c1. The lowest BCUT2D eigenvalue weighted by Crippen LogP contribution is -2.49. The van der Waals surface area contributed by atoms with E-state index >= 15 is 0 Å². The van der Waals surface area contributed by atoms with Crippen molar-refractivity contribution in [2.24, 2.45) is 5.92 Å². The zero-order valence-corrected chi connectivity index (χ0v) is 29.2. The number of aromatic nitrogens is 1. The molecule has 0 spiro atoms. The fourth-order valence-electron chi connectivity index (χ4n) is 6.24. The van der Waals surface area contributed by atoms with Crippen molar-refractivity contribution >= 4 is 28.7 Å². The number of carbonyl (C=O) groups is 3. The van der Waals surface area contributed by atoms with E-state index in [0.717, 1.165) is 45.5 Å². The first-order chi connectivity index (χ1) is 23.5. The normalized spacial score (nSPS) is 15.3. The molecule has 8 heteroatoms. The summed E-state index contributed by atoms with van der Waals surface area (Å²) in [5.41, 5.74) is 5.05. The number of pyridine rings is 1. The van der Waals surface area contributed by atoms with E-state index in [4.69, 9.17) is 9.72 Å². The monoisotopic (exact) mass is 663 g/mol. The van der Waals surface area contributed by atoms with Crippen LogP contribution in [0.2, 0.25) is 0 Å². The largest absolute Gasteiger partial charge is 0.494 e. The predicted molar refractivity (Wildman–Crippen MR) is 194 cm³/mol. The first-order valence-corrected chi connectivity index (χ1v) is 17.6. The minimum absolute atomic E-state index is 0.0517. The van der Waals surface area contributed by atoms with Crippen molar-refractivity contribution in [1.82, 2.24) is 15.2 Å². The van der Waals surface area contributed by atoms with Gasteiger partial charge in [0, 0.05) is 36.0 Å². The van der Waals surface area contributed by atoms with Crippen LogP contribution in [-0.4, -0.2) is 58.5 Å². The van der Waals surface area contributed by atoms with Gasteiger partial charge < -0.3 is 20.1 Å². The van der Waals surface area contributed by atoms with Crippen molar-refractivity contribution < 1.29 is 24.2 Å². The van der Waals surface area contributed by atoms with Crippen LogP contribution in [0.5, 0.6) is 5.75 Å². The van der Waals surface area contributed by atoms with Crippen molar-refractivity contribution in [2.45, 2.75) is 84.1 Å². The van der Waals surface area contributed by atoms with Gasteiger partial charge in [0.05, 0.1) is 23.7 Å². The van der Waals surface area contributed by atoms with Gasteiger partial charge in [0.25, 0.3) is 5.91 Å². The number of carboxylic acids is 1. The van der Waals surface area contributed by atoms with Crippen LogP contribution in [0.1, 0.15) is 87.7 Å². The molecule has 5 rings (SSSR count). The van der Waals surface area contributed by atoms with Crippen LogP contribution >= 0.6 is 0 Å². The summed E-state index contributed by atoms with van der Waals surface area (Å²) in [7, 11) is 0. The summed E-state index contributed by atoms with van der Waals surface area (Å²) in [6.07, 6.45) is 6.67. The highest BCUT2D eigenvalue weighted by Gasteiger charge is 2.35. The van der Waals surface area contributed by atoms with E-state index in [2.05, 4.69) is 39.1 Å². The number of likely N-dealkylation sites (tertiary alicyclic amines) is 1. The predicted octanol–water partition coefficient (Wildman–Crippen LogP) is 7.82. The van der Waals surface area contributed by atoms with Crippen LogP contribution in [0.15, 0.2) is 78.9 Å². The molecule has 4 aromatic rings. The molecule has 3 aromatic carbocycles. The van der Waals surface area contributed by atoms with Crippen molar-refractivity contribution in [1.29, 1.82) is 0 Å². The quantitative estimate of drug-likeness (QED) is 0.133. The van der Waals surface area contributed by atoms with E-state index in [9.17, 15) is 19.5 Å². The number of carboxylic acid groups (broad SMARTS) is 1. The smallest absolute Gasteiger partial charge is 0.308 e. The number of fused-ring (bicyclic) bond motifs is 1. The summed E-state index contributed by atoms with van der Waals surface area (Å²) in [4.78, 5) is 45.1. The van der Waals surface area contributed by atoms with Crippen LogP contribution in [0.25, 0.3) is 22.2 Å². The number of aliphatic carboxylic acids is 1. The van der Waals surface area contributed by atoms with E-state index in [1.807, 2.05) is 60.7 Å².